The molecule has 0 aliphatic carbocycles. The Hall–Kier alpha value is -2.14. The van der Waals surface area contributed by atoms with Gasteiger partial charge < -0.3 is 11.1 Å². The Morgan fingerprint density at radius 2 is 1.74 bits per heavy atom. The van der Waals surface area contributed by atoms with E-state index in [9.17, 15) is 13.6 Å². The fraction of sp³-hybridized carbons (Fsp3) is 0. The van der Waals surface area contributed by atoms with Crippen LogP contribution in [0, 0.1) is 11.6 Å². The van der Waals surface area contributed by atoms with Crippen LogP contribution in [-0.2, 0) is 0 Å². The monoisotopic (exact) mass is 282 g/mol. The van der Waals surface area contributed by atoms with Gasteiger partial charge >= 0.3 is 0 Å². The molecule has 3 N–H and O–H groups in total. The first-order valence-electron chi connectivity index (χ1n) is 5.29. The predicted octanol–water partition coefficient (Wildman–Crippen LogP) is 3.45. The van der Waals surface area contributed by atoms with Crippen LogP contribution in [-0.4, -0.2) is 5.91 Å². The van der Waals surface area contributed by atoms with E-state index in [1.165, 1.54) is 0 Å². The molecule has 0 saturated carbocycles. The zero-order valence-electron chi connectivity index (χ0n) is 9.58. The normalized spacial score (nSPS) is 10.3. The molecule has 0 atom stereocenters. The zero-order valence-corrected chi connectivity index (χ0v) is 10.3. The third-order valence-corrected chi connectivity index (χ3v) is 2.79. The number of nitrogens with two attached hydrogens (primary N) is 1. The van der Waals surface area contributed by atoms with E-state index in [1.54, 1.807) is 24.3 Å². The van der Waals surface area contributed by atoms with Crippen molar-refractivity contribution in [2.24, 2.45) is 0 Å². The maximum Gasteiger partial charge on any atom is 0.255 e. The van der Waals surface area contributed by atoms with Gasteiger partial charge in [0.1, 0.15) is 17.3 Å². The van der Waals surface area contributed by atoms with Gasteiger partial charge in [-0.3, -0.25) is 4.79 Å². The lowest BCUT2D eigenvalue weighted by Crippen LogP contribution is -2.13. The van der Waals surface area contributed by atoms with Gasteiger partial charge in [0, 0.05) is 5.56 Å². The summed E-state index contributed by atoms with van der Waals surface area (Å²) in [7, 11) is 0. The van der Waals surface area contributed by atoms with Crippen LogP contribution >= 0.6 is 11.6 Å². The van der Waals surface area contributed by atoms with Crippen molar-refractivity contribution in [2.75, 3.05) is 11.1 Å². The van der Waals surface area contributed by atoms with Gasteiger partial charge in [-0.05, 0) is 24.3 Å². The Morgan fingerprint density at radius 1 is 1.16 bits per heavy atom. The lowest BCUT2D eigenvalue weighted by Gasteiger charge is -2.08. The van der Waals surface area contributed by atoms with Crippen molar-refractivity contribution in [1.29, 1.82) is 0 Å². The average Bonchev–Trinajstić information content (AvgIpc) is 2.38. The second kappa shape index (κ2) is 5.24. The minimum atomic E-state index is -0.982. The highest BCUT2D eigenvalue weighted by Gasteiger charge is 2.14. The van der Waals surface area contributed by atoms with Crippen LogP contribution in [0.25, 0.3) is 0 Å². The summed E-state index contributed by atoms with van der Waals surface area (Å²) in [6.45, 7) is 0. The van der Waals surface area contributed by atoms with Crippen LogP contribution in [0.3, 0.4) is 0 Å². The highest BCUT2D eigenvalue weighted by Crippen LogP contribution is 2.22. The van der Waals surface area contributed by atoms with E-state index in [4.69, 9.17) is 17.3 Å². The van der Waals surface area contributed by atoms with E-state index in [-0.39, 0.29) is 5.56 Å². The van der Waals surface area contributed by atoms with Gasteiger partial charge in [-0.25, -0.2) is 8.78 Å². The number of para-hydroxylation sites is 1. The predicted molar refractivity (Wildman–Crippen MR) is 70.2 cm³/mol. The summed E-state index contributed by atoms with van der Waals surface area (Å²) in [6.07, 6.45) is 0. The number of benzene rings is 2. The fourth-order valence-corrected chi connectivity index (χ4v) is 1.66. The van der Waals surface area contributed by atoms with Gasteiger partial charge in [-0.15, -0.1) is 0 Å². The molecule has 0 fully saturated rings. The summed E-state index contributed by atoms with van der Waals surface area (Å²) < 4.78 is 26.5. The molecular formula is C13H9ClF2N2O. The van der Waals surface area contributed by atoms with Gasteiger partial charge in [0.2, 0.25) is 0 Å². The average molecular weight is 283 g/mol. The molecule has 0 aromatic heterocycles. The van der Waals surface area contributed by atoms with Gasteiger partial charge in [0.15, 0.2) is 0 Å². The lowest BCUT2D eigenvalue weighted by molar-refractivity contribution is 0.102. The van der Waals surface area contributed by atoms with Crippen molar-refractivity contribution in [3.05, 3.63) is 58.6 Å². The number of halogens is 3. The molecule has 6 heteroatoms. The zero-order chi connectivity index (χ0) is 14.0. The molecule has 3 nitrogen and oxygen atoms in total. The number of nitrogens with one attached hydrogen (secondary N) is 1. The van der Waals surface area contributed by atoms with Crippen molar-refractivity contribution in [3.8, 4) is 0 Å². The summed E-state index contributed by atoms with van der Waals surface area (Å²) in [5.41, 5.74) is 4.69. The first kappa shape index (κ1) is 13.3. The van der Waals surface area contributed by atoms with E-state index < -0.39 is 23.2 Å². The molecule has 19 heavy (non-hydrogen) atoms. The Labute approximate surface area is 113 Å². The van der Waals surface area contributed by atoms with Gasteiger partial charge in [0.05, 0.1) is 10.7 Å². The minimum Gasteiger partial charge on any atom is -0.394 e. The van der Waals surface area contributed by atoms with Gasteiger partial charge in [-0.2, -0.15) is 0 Å². The van der Waals surface area contributed by atoms with E-state index >= 15 is 0 Å². The van der Waals surface area contributed by atoms with Crippen LogP contribution < -0.4 is 11.1 Å². The van der Waals surface area contributed by atoms with Crippen molar-refractivity contribution < 1.29 is 13.6 Å². The standard InChI is InChI=1S/C13H9ClF2N2O/c14-8-3-1-2-4-11(8)18-13(19)7-5-9(15)12(17)10(16)6-7/h1-6H,17H2,(H,18,19). The number of anilines is 2. The molecule has 2 rings (SSSR count). The van der Waals surface area contributed by atoms with E-state index in [0.29, 0.717) is 10.7 Å². The minimum absolute atomic E-state index is 0.177. The molecule has 0 aliphatic rings. The number of rotatable bonds is 2. The van der Waals surface area contributed by atoms with Crippen molar-refractivity contribution in [3.63, 3.8) is 0 Å². The maximum atomic E-state index is 13.2. The maximum absolute atomic E-state index is 13.2. The molecule has 0 unspecified atom stereocenters. The summed E-state index contributed by atoms with van der Waals surface area (Å²) in [4.78, 5) is 11.8. The number of carbonyl (C=O) groups is 1. The van der Waals surface area contributed by atoms with Crippen molar-refractivity contribution in [1.82, 2.24) is 0 Å². The molecular weight excluding hydrogens is 274 g/mol. The van der Waals surface area contributed by atoms with Gasteiger partial charge in [0.25, 0.3) is 5.91 Å². The Balaban J connectivity index is 2.28. The summed E-state index contributed by atoms with van der Waals surface area (Å²) in [5.74, 6) is -2.64. The topological polar surface area (TPSA) is 55.1 Å². The molecule has 0 radical (unpaired) electrons. The summed E-state index contributed by atoms with van der Waals surface area (Å²) >= 11 is 5.86. The molecule has 0 bridgehead atoms. The molecule has 0 aliphatic heterocycles. The second-order valence-electron chi connectivity index (χ2n) is 3.79. The number of amides is 1. The molecule has 2 aromatic carbocycles. The van der Waals surface area contributed by atoms with Crippen LogP contribution in [0.15, 0.2) is 36.4 Å². The highest BCUT2D eigenvalue weighted by atomic mass is 35.5. The van der Waals surface area contributed by atoms with Crippen LogP contribution in [0.4, 0.5) is 20.2 Å². The number of carbonyl (C=O) groups excluding carboxylic acids is 1. The quantitative estimate of drug-likeness (QED) is 0.829. The third-order valence-electron chi connectivity index (χ3n) is 2.46. The largest absolute Gasteiger partial charge is 0.394 e. The molecule has 0 spiro atoms. The molecule has 98 valence electrons. The first-order chi connectivity index (χ1) is 8.99. The SMILES string of the molecule is Nc1c(F)cc(C(=O)Nc2ccccc2Cl)cc1F. The summed E-state index contributed by atoms with van der Waals surface area (Å²) in [5, 5.41) is 2.78. The van der Waals surface area contributed by atoms with Crippen LogP contribution in [0.5, 0.6) is 0 Å². The Bertz CT molecular complexity index is 623. The fourth-order valence-electron chi connectivity index (χ4n) is 1.47. The second-order valence-corrected chi connectivity index (χ2v) is 4.19. The van der Waals surface area contributed by atoms with Crippen molar-refractivity contribution >= 4 is 28.9 Å². The molecule has 1 amide bonds. The third kappa shape index (κ3) is 2.82. The Morgan fingerprint density at radius 3 is 2.32 bits per heavy atom. The number of hydrogen-bond donors (Lipinski definition) is 2. The smallest absolute Gasteiger partial charge is 0.255 e. The number of hydrogen-bond acceptors (Lipinski definition) is 2. The molecule has 0 saturated heterocycles. The number of nitrogen functional groups attached to an aromatic ring is 1. The Kier molecular flexibility index (Phi) is 3.66. The van der Waals surface area contributed by atoms with E-state index in [1.807, 2.05) is 0 Å². The molecule has 0 heterocycles. The first-order valence-corrected chi connectivity index (χ1v) is 5.67. The highest BCUT2D eigenvalue weighted by molar-refractivity contribution is 6.33. The molecule has 2 aromatic rings. The van der Waals surface area contributed by atoms with Crippen LogP contribution in [0.1, 0.15) is 10.4 Å². The van der Waals surface area contributed by atoms with Gasteiger partial charge in [-0.1, -0.05) is 23.7 Å². The lowest BCUT2D eigenvalue weighted by atomic mass is 10.1. The van der Waals surface area contributed by atoms with Crippen LogP contribution in [0.2, 0.25) is 5.02 Å². The van der Waals surface area contributed by atoms with E-state index in [2.05, 4.69) is 5.32 Å². The van der Waals surface area contributed by atoms with E-state index in [0.717, 1.165) is 12.1 Å². The summed E-state index contributed by atoms with van der Waals surface area (Å²) in [6, 6.07) is 8.26. The van der Waals surface area contributed by atoms with Crippen molar-refractivity contribution in [2.45, 2.75) is 0 Å².